The molecule has 0 amide bonds. The van der Waals surface area contributed by atoms with Gasteiger partial charge < -0.3 is 5.32 Å². The van der Waals surface area contributed by atoms with E-state index in [9.17, 15) is 4.39 Å². The molecule has 4 heteroatoms. The van der Waals surface area contributed by atoms with Crippen LogP contribution in [0.1, 0.15) is 29.8 Å². The monoisotopic (exact) mass is 292 g/mol. The summed E-state index contributed by atoms with van der Waals surface area (Å²) in [5, 5.41) is 3.59. The standard InChI is InChI=1S/C16H18ClFN2/c1-3-19-16(13-6-4-11(2)20-10-13)9-12-5-7-15(18)14(17)8-12/h4-8,10,16,19H,3,9H2,1-2H3. The highest BCUT2D eigenvalue weighted by Crippen LogP contribution is 2.22. The van der Waals surface area contributed by atoms with Crippen LogP contribution in [0, 0.1) is 12.7 Å². The summed E-state index contributed by atoms with van der Waals surface area (Å²) >= 11 is 5.83. The van der Waals surface area contributed by atoms with E-state index >= 15 is 0 Å². The molecular weight excluding hydrogens is 275 g/mol. The van der Waals surface area contributed by atoms with Crippen molar-refractivity contribution in [2.75, 3.05) is 6.54 Å². The number of likely N-dealkylation sites (N-methyl/N-ethyl adjacent to an activating group) is 1. The van der Waals surface area contributed by atoms with E-state index in [1.165, 1.54) is 6.07 Å². The number of rotatable bonds is 5. The molecule has 0 aliphatic heterocycles. The lowest BCUT2D eigenvalue weighted by atomic mass is 10.00. The summed E-state index contributed by atoms with van der Waals surface area (Å²) in [6.45, 7) is 4.88. The summed E-state index contributed by atoms with van der Waals surface area (Å²) in [4.78, 5) is 4.33. The van der Waals surface area contributed by atoms with Gasteiger partial charge in [0.15, 0.2) is 0 Å². The lowest BCUT2D eigenvalue weighted by Gasteiger charge is -2.18. The second kappa shape index (κ2) is 6.82. The molecule has 0 fully saturated rings. The molecule has 0 aliphatic rings. The van der Waals surface area contributed by atoms with Crippen molar-refractivity contribution in [3.63, 3.8) is 0 Å². The zero-order valence-electron chi connectivity index (χ0n) is 11.7. The molecule has 1 heterocycles. The predicted molar refractivity (Wildman–Crippen MR) is 80.5 cm³/mol. The Morgan fingerprint density at radius 3 is 2.70 bits per heavy atom. The van der Waals surface area contributed by atoms with Gasteiger partial charge in [-0.15, -0.1) is 0 Å². The first-order valence-corrected chi connectivity index (χ1v) is 7.07. The normalized spacial score (nSPS) is 12.4. The van der Waals surface area contributed by atoms with Crippen molar-refractivity contribution in [3.8, 4) is 0 Å². The Balaban J connectivity index is 2.20. The number of halogens is 2. The zero-order chi connectivity index (χ0) is 14.5. The minimum atomic E-state index is -0.382. The topological polar surface area (TPSA) is 24.9 Å². The Hall–Kier alpha value is -1.45. The Morgan fingerprint density at radius 1 is 1.30 bits per heavy atom. The van der Waals surface area contributed by atoms with Gasteiger partial charge in [0, 0.05) is 17.9 Å². The summed E-state index contributed by atoms with van der Waals surface area (Å²) in [6, 6.07) is 9.08. The zero-order valence-corrected chi connectivity index (χ0v) is 12.4. The molecule has 0 spiro atoms. The van der Waals surface area contributed by atoms with Gasteiger partial charge in [-0.1, -0.05) is 30.7 Å². The molecule has 2 aromatic rings. The maximum Gasteiger partial charge on any atom is 0.141 e. The average molecular weight is 293 g/mol. The summed E-state index contributed by atoms with van der Waals surface area (Å²) < 4.78 is 13.2. The maximum absolute atomic E-state index is 13.2. The second-order valence-electron chi connectivity index (χ2n) is 4.80. The highest BCUT2D eigenvalue weighted by molar-refractivity contribution is 6.30. The van der Waals surface area contributed by atoms with E-state index < -0.39 is 0 Å². The number of aryl methyl sites for hydroxylation is 1. The summed E-state index contributed by atoms with van der Waals surface area (Å²) in [5.41, 5.74) is 3.12. The van der Waals surface area contributed by atoms with Crippen LogP contribution in [0.15, 0.2) is 36.5 Å². The van der Waals surface area contributed by atoms with E-state index in [2.05, 4.69) is 23.3 Å². The fourth-order valence-electron chi connectivity index (χ4n) is 2.14. The predicted octanol–water partition coefficient (Wildman–Crippen LogP) is 4.08. The van der Waals surface area contributed by atoms with Crippen molar-refractivity contribution in [3.05, 3.63) is 64.2 Å². The minimum absolute atomic E-state index is 0.148. The van der Waals surface area contributed by atoms with Crippen molar-refractivity contribution in [1.29, 1.82) is 0 Å². The summed E-state index contributed by atoms with van der Waals surface area (Å²) in [6.07, 6.45) is 2.63. The number of hydrogen-bond acceptors (Lipinski definition) is 2. The molecule has 0 radical (unpaired) electrons. The van der Waals surface area contributed by atoms with Gasteiger partial charge in [-0.3, -0.25) is 4.98 Å². The Kier molecular flexibility index (Phi) is 5.10. The van der Waals surface area contributed by atoms with Crippen LogP contribution in [0.3, 0.4) is 0 Å². The fourth-order valence-corrected chi connectivity index (χ4v) is 2.35. The SMILES string of the molecule is CCNC(Cc1ccc(F)c(Cl)c1)c1ccc(C)nc1. The first-order valence-electron chi connectivity index (χ1n) is 6.70. The second-order valence-corrected chi connectivity index (χ2v) is 5.20. The van der Waals surface area contributed by atoms with Crippen molar-refractivity contribution in [2.24, 2.45) is 0 Å². The fraction of sp³-hybridized carbons (Fsp3) is 0.312. The largest absolute Gasteiger partial charge is 0.310 e. The number of pyridine rings is 1. The molecule has 106 valence electrons. The van der Waals surface area contributed by atoms with Crippen molar-refractivity contribution in [2.45, 2.75) is 26.3 Å². The molecule has 0 saturated carbocycles. The summed E-state index contributed by atoms with van der Waals surface area (Å²) in [7, 11) is 0. The molecule has 2 nitrogen and oxygen atoms in total. The Morgan fingerprint density at radius 2 is 2.10 bits per heavy atom. The van der Waals surface area contributed by atoms with E-state index in [-0.39, 0.29) is 16.9 Å². The lowest BCUT2D eigenvalue weighted by molar-refractivity contribution is 0.547. The van der Waals surface area contributed by atoms with Gasteiger partial charge in [0.05, 0.1) is 5.02 Å². The third kappa shape index (κ3) is 3.78. The van der Waals surface area contributed by atoms with E-state index in [4.69, 9.17) is 11.6 Å². The molecule has 1 unspecified atom stereocenters. The molecule has 0 saturated heterocycles. The number of nitrogens with zero attached hydrogens (tertiary/aromatic N) is 1. The van der Waals surface area contributed by atoms with Gasteiger partial charge in [-0.2, -0.15) is 0 Å². The molecular formula is C16H18ClFN2. The van der Waals surface area contributed by atoms with E-state index in [1.807, 2.05) is 19.2 Å². The smallest absolute Gasteiger partial charge is 0.141 e. The van der Waals surface area contributed by atoms with Gasteiger partial charge in [-0.25, -0.2) is 4.39 Å². The Bertz CT molecular complexity index is 569. The van der Waals surface area contributed by atoms with E-state index in [1.54, 1.807) is 12.1 Å². The maximum atomic E-state index is 13.2. The molecule has 0 bridgehead atoms. The average Bonchev–Trinajstić information content (AvgIpc) is 2.43. The van der Waals surface area contributed by atoms with E-state index in [0.29, 0.717) is 0 Å². The van der Waals surface area contributed by atoms with Crippen LogP contribution in [-0.2, 0) is 6.42 Å². The molecule has 1 N–H and O–H groups in total. The minimum Gasteiger partial charge on any atom is -0.310 e. The van der Waals surface area contributed by atoms with Gasteiger partial charge in [0.1, 0.15) is 5.82 Å². The number of nitrogens with one attached hydrogen (secondary N) is 1. The number of benzene rings is 1. The van der Waals surface area contributed by atoms with Crippen molar-refractivity contribution >= 4 is 11.6 Å². The number of aromatic nitrogens is 1. The van der Waals surface area contributed by atoms with Crippen molar-refractivity contribution in [1.82, 2.24) is 10.3 Å². The van der Waals surface area contributed by atoms with Crippen LogP contribution in [0.4, 0.5) is 4.39 Å². The van der Waals surface area contributed by atoms with E-state index in [0.717, 1.165) is 29.8 Å². The van der Waals surface area contributed by atoms with Crippen LogP contribution in [-0.4, -0.2) is 11.5 Å². The van der Waals surface area contributed by atoms with Crippen LogP contribution in [0.5, 0.6) is 0 Å². The molecule has 1 aromatic carbocycles. The highest BCUT2D eigenvalue weighted by Gasteiger charge is 2.12. The first kappa shape index (κ1) is 14.9. The van der Waals surface area contributed by atoms with Gasteiger partial charge in [-0.05, 0) is 49.2 Å². The third-order valence-electron chi connectivity index (χ3n) is 3.21. The van der Waals surface area contributed by atoms with Crippen LogP contribution >= 0.6 is 11.6 Å². The molecule has 1 aromatic heterocycles. The quantitative estimate of drug-likeness (QED) is 0.898. The molecule has 0 aliphatic carbocycles. The summed E-state index contributed by atoms with van der Waals surface area (Å²) in [5.74, 6) is -0.382. The molecule has 2 rings (SSSR count). The lowest BCUT2D eigenvalue weighted by Crippen LogP contribution is -2.23. The molecule has 20 heavy (non-hydrogen) atoms. The van der Waals surface area contributed by atoms with Crippen LogP contribution in [0.2, 0.25) is 5.02 Å². The van der Waals surface area contributed by atoms with Gasteiger partial charge >= 0.3 is 0 Å². The first-order chi connectivity index (χ1) is 9.60. The van der Waals surface area contributed by atoms with Crippen molar-refractivity contribution < 1.29 is 4.39 Å². The molecule has 1 atom stereocenters. The van der Waals surface area contributed by atoms with Crippen LogP contribution in [0.25, 0.3) is 0 Å². The number of hydrogen-bond donors (Lipinski definition) is 1. The highest BCUT2D eigenvalue weighted by atomic mass is 35.5. The third-order valence-corrected chi connectivity index (χ3v) is 3.50. The Labute approximate surface area is 124 Å². The van der Waals surface area contributed by atoms with Gasteiger partial charge in [0.2, 0.25) is 0 Å². The van der Waals surface area contributed by atoms with Crippen LogP contribution < -0.4 is 5.32 Å². The van der Waals surface area contributed by atoms with Gasteiger partial charge in [0.25, 0.3) is 0 Å².